The van der Waals surface area contributed by atoms with Gasteiger partial charge in [0.1, 0.15) is 5.75 Å². The maximum Gasteiger partial charge on any atom is 0.262 e. The minimum atomic E-state index is -0.268. The van der Waals surface area contributed by atoms with E-state index in [1.807, 2.05) is 39.0 Å². The molecule has 0 saturated carbocycles. The second-order valence-electron chi connectivity index (χ2n) is 5.19. The van der Waals surface area contributed by atoms with Crippen molar-refractivity contribution in [1.82, 2.24) is 0 Å². The smallest absolute Gasteiger partial charge is 0.262 e. The fourth-order valence-corrected chi connectivity index (χ4v) is 2.65. The number of benzene rings is 2. The minimum Gasteiger partial charge on any atom is -0.482 e. The molecule has 1 amide bonds. The molecule has 0 aliphatic heterocycles. The normalized spacial score (nSPS) is 10.4. The van der Waals surface area contributed by atoms with Crippen LogP contribution in [0.4, 0.5) is 5.69 Å². The van der Waals surface area contributed by atoms with Crippen LogP contribution in [0.3, 0.4) is 0 Å². The molecule has 3 nitrogen and oxygen atoms in total. The summed E-state index contributed by atoms with van der Waals surface area (Å²) in [5, 5.41) is 3.85. The summed E-state index contributed by atoms with van der Waals surface area (Å²) in [7, 11) is 0. The lowest BCUT2D eigenvalue weighted by molar-refractivity contribution is -0.118. The van der Waals surface area contributed by atoms with Gasteiger partial charge in [0.25, 0.3) is 5.91 Å². The first-order valence-corrected chi connectivity index (χ1v) is 7.58. The monoisotopic (exact) mass is 337 g/mol. The van der Waals surface area contributed by atoms with Gasteiger partial charge in [0.15, 0.2) is 6.61 Å². The van der Waals surface area contributed by atoms with Crippen molar-refractivity contribution in [2.75, 3.05) is 11.9 Å². The van der Waals surface area contributed by atoms with Gasteiger partial charge < -0.3 is 10.1 Å². The van der Waals surface area contributed by atoms with E-state index in [1.165, 1.54) is 0 Å². The summed E-state index contributed by atoms with van der Waals surface area (Å²) in [6.07, 6.45) is 0. The quantitative estimate of drug-likeness (QED) is 0.858. The third kappa shape index (κ3) is 4.15. The predicted octanol–water partition coefficient (Wildman–Crippen LogP) is 4.94. The second kappa shape index (κ2) is 7.03. The summed E-state index contributed by atoms with van der Waals surface area (Å²) >= 11 is 12.2. The lowest BCUT2D eigenvalue weighted by Crippen LogP contribution is -2.20. The van der Waals surface area contributed by atoms with Gasteiger partial charge in [0.05, 0.1) is 5.02 Å². The topological polar surface area (TPSA) is 38.3 Å². The van der Waals surface area contributed by atoms with Crippen LogP contribution < -0.4 is 10.1 Å². The van der Waals surface area contributed by atoms with Crippen molar-refractivity contribution in [3.05, 3.63) is 57.1 Å². The highest BCUT2D eigenvalue weighted by Crippen LogP contribution is 2.29. The summed E-state index contributed by atoms with van der Waals surface area (Å²) in [6.45, 7) is 5.64. The van der Waals surface area contributed by atoms with Gasteiger partial charge in [0, 0.05) is 10.7 Å². The van der Waals surface area contributed by atoms with Crippen LogP contribution in [-0.4, -0.2) is 12.5 Å². The van der Waals surface area contributed by atoms with E-state index < -0.39 is 0 Å². The van der Waals surface area contributed by atoms with Gasteiger partial charge in [-0.05, 0) is 55.7 Å². The fraction of sp³-hybridized carbons (Fsp3) is 0.235. The molecule has 116 valence electrons. The zero-order valence-corrected chi connectivity index (χ0v) is 14.2. The molecule has 2 aromatic rings. The highest BCUT2D eigenvalue weighted by Gasteiger charge is 2.10. The molecule has 0 aliphatic rings. The highest BCUT2D eigenvalue weighted by molar-refractivity contribution is 6.32. The number of nitrogens with one attached hydrogen (secondary N) is 1. The van der Waals surface area contributed by atoms with Gasteiger partial charge in [-0.3, -0.25) is 4.79 Å². The van der Waals surface area contributed by atoms with E-state index in [-0.39, 0.29) is 12.5 Å². The van der Waals surface area contributed by atoms with E-state index in [0.717, 1.165) is 16.7 Å². The second-order valence-corrected chi connectivity index (χ2v) is 6.01. The first kappa shape index (κ1) is 16.7. The Hall–Kier alpha value is -1.71. The molecule has 0 heterocycles. The van der Waals surface area contributed by atoms with Crippen molar-refractivity contribution in [3.63, 3.8) is 0 Å². The molecule has 2 aromatic carbocycles. The molecule has 2 rings (SSSR count). The van der Waals surface area contributed by atoms with Crippen molar-refractivity contribution >= 4 is 34.8 Å². The van der Waals surface area contributed by atoms with Crippen LogP contribution in [0.5, 0.6) is 5.75 Å². The Morgan fingerprint density at radius 3 is 2.41 bits per heavy atom. The van der Waals surface area contributed by atoms with Gasteiger partial charge in [-0.15, -0.1) is 0 Å². The number of carbonyl (C=O) groups is 1. The van der Waals surface area contributed by atoms with Crippen molar-refractivity contribution < 1.29 is 9.53 Å². The lowest BCUT2D eigenvalue weighted by Gasteiger charge is -2.12. The average Bonchev–Trinajstić information content (AvgIpc) is 2.41. The molecule has 0 aromatic heterocycles. The highest BCUT2D eigenvalue weighted by atomic mass is 35.5. The van der Waals surface area contributed by atoms with Crippen molar-refractivity contribution in [1.29, 1.82) is 0 Å². The van der Waals surface area contributed by atoms with Crippen LogP contribution in [-0.2, 0) is 4.79 Å². The molecule has 0 atom stereocenters. The van der Waals surface area contributed by atoms with Gasteiger partial charge >= 0.3 is 0 Å². The molecule has 0 bridgehead atoms. The standard InChI is InChI=1S/C17H17Cl2NO2/c1-10-6-12(3)17(15(19)7-10)22-9-16(21)20-13-5-4-11(2)14(18)8-13/h4-8H,9H2,1-3H3,(H,20,21). The Bertz CT molecular complexity index is 691. The van der Waals surface area contributed by atoms with Crippen molar-refractivity contribution in [2.24, 2.45) is 0 Å². The van der Waals surface area contributed by atoms with E-state index in [2.05, 4.69) is 5.32 Å². The largest absolute Gasteiger partial charge is 0.482 e. The number of hydrogen-bond donors (Lipinski definition) is 1. The zero-order chi connectivity index (χ0) is 16.3. The third-order valence-corrected chi connectivity index (χ3v) is 3.86. The molecule has 5 heteroatoms. The SMILES string of the molecule is Cc1cc(C)c(OCC(=O)Nc2ccc(C)c(Cl)c2)c(Cl)c1. The summed E-state index contributed by atoms with van der Waals surface area (Å²) in [5.74, 6) is 0.264. The molecule has 0 unspecified atom stereocenters. The van der Waals surface area contributed by atoms with Gasteiger partial charge in [-0.25, -0.2) is 0 Å². The Morgan fingerprint density at radius 1 is 1.05 bits per heavy atom. The molecule has 0 fully saturated rings. The number of halogens is 2. The van der Waals surface area contributed by atoms with Crippen molar-refractivity contribution in [2.45, 2.75) is 20.8 Å². The van der Waals surface area contributed by atoms with Crippen LogP contribution in [0.15, 0.2) is 30.3 Å². The summed E-state index contributed by atoms with van der Waals surface area (Å²) < 4.78 is 5.53. The van der Waals surface area contributed by atoms with Crippen LogP contribution in [0.1, 0.15) is 16.7 Å². The van der Waals surface area contributed by atoms with E-state index in [1.54, 1.807) is 12.1 Å². The molecular weight excluding hydrogens is 321 g/mol. The minimum absolute atomic E-state index is 0.116. The maximum atomic E-state index is 11.9. The molecule has 0 aliphatic carbocycles. The number of rotatable bonds is 4. The van der Waals surface area contributed by atoms with Gasteiger partial charge in [0.2, 0.25) is 0 Å². The molecular formula is C17H17Cl2NO2. The van der Waals surface area contributed by atoms with Gasteiger partial charge in [-0.2, -0.15) is 0 Å². The number of anilines is 1. The lowest BCUT2D eigenvalue weighted by atomic mass is 10.1. The van der Waals surface area contributed by atoms with E-state index in [9.17, 15) is 4.79 Å². The zero-order valence-electron chi connectivity index (χ0n) is 12.7. The molecule has 22 heavy (non-hydrogen) atoms. The first-order chi connectivity index (χ1) is 10.4. The third-order valence-electron chi connectivity index (χ3n) is 3.18. The summed E-state index contributed by atoms with van der Waals surface area (Å²) in [4.78, 5) is 11.9. The summed E-state index contributed by atoms with van der Waals surface area (Å²) in [5.41, 5.74) is 3.54. The van der Waals surface area contributed by atoms with E-state index >= 15 is 0 Å². The first-order valence-electron chi connectivity index (χ1n) is 6.82. The number of carbonyl (C=O) groups excluding carboxylic acids is 1. The predicted molar refractivity (Wildman–Crippen MR) is 91.2 cm³/mol. The molecule has 1 N–H and O–H groups in total. The Morgan fingerprint density at radius 2 is 1.77 bits per heavy atom. The summed E-state index contributed by atoms with van der Waals surface area (Å²) in [6, 6.07) is 9.11. The van der Waals surface area contributed by atoms with Crippen LogP contribution in [0.25, 0.3) is 0 Å². The Balaban J connectivity index is 2.00. The number of ether oxygens (including phenoxy) is 1. The van der Waals surface area contributed by atoms with E-state index in [0.29, 0.717) is 21.5 Å². The Kier molecular flexibility index (Phi) is 5.33. The van der Waals surface area contributed by atoms with Crippen molar-refractivity contribution in [3.8, 4) is 5.75 Å². The van der Waals surface area contributed by atoms with Crippen LogP contribution in [0, 0.1) is 20.8 Å². The average molecular weight is 338 g/mol. The van der Waals surface area contributed by atoms with Crippen LogP contribution in [0.2, 0.25) is 10.0 Å². The number of hydrogen-bond acceptors (Lipinski definition) is 2. The number of aryl methyl sites for hydroxylation is 3. The maximum absolute atomic E-state index is 11.9. The van der Waals surface area contributed by atoms with E-state index in [4.69, 9.17) is 27.9 Å². The van der Waals surface area contributed by atoms with Gasteiger partial charge in [-0.1, -0.05) is 35.3 Å². The molecule has 0 spiro atoms. The fourth-order valence-electron chi connectivity index (χ4n) is 2.09. The molecule has 0 saturated heterocycles. The molecule has 0 radical (unpaired) electrons. The Labute approximate surface area is 140 Å². The van der Waals surface area contributed by atoms with Crippen LogP contribution >= 0.6 is 23.2 Å². The number of amides is 1.